The number of rotatable bonds is 6. The predicted octanol–water partition coefficient (Wildman–Crippen LogP) is 4.26. The molecule has 1 amide bonds. The van der Waals surface area contributed by atoms with Crippen molar-refractivity contribution in [1.29, 1.82) is 0 Å². The van der Waals surface area contributed by atoms with E-state index in [-0.39, 0.29) is 18.1 Å². The van der Waals surface area contributed by atoms with E-state index < -0.39 is 0 Å². The third-order valence-electron chi connectivity index (χ3n) is 3.75. The van der Waals surface area contributed by atoms with Gasteiger partial charge in [0.2, 0.25) is 5.91 Å². The zero-order valence-electron chi connectivity index (χ0n) is 14.6. The van der Waals surface area contributed by atoms with Crippen molar-refractivity contribution in [3.8, 4) is 0 Å². The number of anilines is 3. The van der Waals surface area contributed by atoms with E-state index in [1.807, 2.05) is 6.07 Å². The number of amides is 1. The molecule has 0 saturated carbocycles. The fourth-order valence-electron chi connectivity index (χ4n) is 2.40. The SMILES string of the molecule is CC(=O)c1cccc(Nc2ccc(NC(=O)Cc3ccc(Cl)cc3)nn2)c1. The Bertz CT molecular complexity index is 956. The van der Waals surface area contributed by atoms with Crippen LogP contribution in [-0.4, -0.2) is 21.9 Å². The molecule has 0 aliphatic carbocycles. The molecule has 0 bridgehead atoms. The van der Waals surface area contributed by atoms with Crippen molar-refractivity contribution >= 4 is 40.6 Å². The van der Waals surface area contributed by atoms with Crippen molar-refractivity contribution in [2.24, 2.45) is 0 Å². The molecule has 0 aliphatic rings. The van der Waals surface area contributed by atoms with E-state index >= 15 is 0 Å². The lowest BCUT2D eigenvalue weighted by molar-refractivity contribution is -0.115. The quantitative estimate of drug-likeness (QED) is 0.624. The van der Waals surface area contributed by atoms with E-state index in [9.17, 15) is 9.59 Å². The summed E-state index contributed by atoms with van der Waals surface area (Å²) in [5, 5.41) is 14.4. The van der Waals surface area contributed by atoms with Crippen LogP contribution in [-0.2, 0) is 11.2 Å². The van der Waals surface area contributed by atoms with E-state index in [2.05, 4.69) is 20.8 Å². The molecule has 1 aromatic heterocycles. The summed E-state index contributed by atoms with van der Waals surface area (Å²) in [7, 11) is 0. The Kier molecular flexibility index (Phi) is 5.78. The number of benzene rings is 2. The van der Waals surface area contributed by atoms with Crippen LogP contribution in [0.1, 0.15) is 22.8 Å². The first-order valence-corrected chi connectivity index (χ1v) is 8.63. The van der Waals surface area contributed by atoms with Crippen LogP contribution in [0.5, 0.6) is 0 Å². The lowest BCUT2D eigenvalue weighted by Crippen LogP contribution is -2.15. The van der Waals surface area contributed by atoms with Crippen LogP contribution >= 0.6 is 11.6 Å². The van der Waals surface area contributed by atoms with E-state index in [0.717, 1.165) is 11.3 Å². The van der Waals surface area contributed by atoms with E-state index in [1.165, 1.54) is 6.92 Å². The molecule has 3 rings (SSSR count). The summed E-state index contributed by atoms with van der Waals surface area (Å²) in [6.07, 6.45) is 0.219. The molecule has 6 nitrogen and oxygen atoms in total. The monoisotopic (exact) mass is 380 g/mol. The Labute approximate surface area is 161 Å². The van der Waals surface area contributed by atoms with Gasteiger partial charge in [-0.15, -0.1) is 10.2 Å². The minimum absolute atomic E-state index is 0.0107. The Morgan fingerprint density at radius 3 is 2.33 bits per heavy atom. The summed E-state index contributed by atoms with van der Waals surface area (Å²) < 4.78 is 0. The largest absolute Gasteiger partial charge is 0.339 e. The second-order valence-corrected chi connectivity index (χ2v) is 6.35. The summed E-state index contributed by atoms with van der Waals surface area (Å²) in [6, 6.07) is 17.6. The predicted molar refractivity (Wildman–Crippen MR) is 106 cm³/mol. The number of aromatic nitrogens is 2. The number of carbonyl (C=O) groups is 2. The van der Waals surface area contributed by atoms with E-state index in [0.29, 0.717) is 22.2 Å². The van der Waals surface area contributed by atoms with Crippen molar-refractivity contribution in [2.75, 3.05) is 10.6 Å². The van der Waals surface area contributed by atoms with Gasteiger partial charge >= 0.3 is 0 Å². The number of hydrogen-bond acceptors (Lipinski definition) is 5. The van der Waals surface area contributed by atoms with Gasteiger partial charge in [-0.1, -0.05) is 35.9 Å². The van der Waals surface area contributed by atoms with Gasteiger partial charge in [-0.05, 0) is 48.9 Å². The molecule has 0 unspecified atom stereocenters. The number of nitrogens with zero attached hydrogens (tertiary/aromatic N) is 2. The highest BCUT2D eigenvalue weighted by atomic mass is 35.5. The van der Waals surface area contributed by atoms with Crippen LogP contribution in [0.3, 0.4) is 0 Å². The first kappa shape index (κ1) is 18.5. The minimum Gasteiger partial charge on any atom is -0.339 e. The maximum atomic E-state index is 12.1. The van der Waals surface area contributed by atoms with Gasteiger partial charge in [0, 0.05) is 16.3 Å². The summed E-state index contributed by atoms with van der Waals surface area (Å²) in [5.74, 6) is 0.661. The zero-order chi connectivity index (χ0) is 19.2. The Hall–Kier alpha value is -3.25. The highest BCUT2D eigenvalue weighted by Gasteiger charge is 2.07. The number of carbonyl (C=O) groups excluding carboxylic acids is 2. The number of hydrogen-bond donors (Lipinski definition) is 2. The van der Waals surface area contributed by atoms with Gasteiger partial charge in [0.1, 0.15) is 0 Å². The maximum Gasteiger partial charge on any atom is 0.229 e. The number of nitrogens with one attached hydrogen (secondary N) is 2. The zero-order valence-corrected chi connectivity index (χ0v) is 15.3. The van der Waals surface area contributed by atoms with Gasteiger partial charge in [0.25, 0.3) is 0 Å². The van der Waals surface area contributed by atoms with Crippen LogP contribution in [0.25, 0.3) is 0 Å². The first-order chi connectivity index (χ1) is 13.0. The molecular formula is C20H17ClN4O2. The number of halogens is 1. The molecule has 2 aromatic carbocycles. The molecule has 0 radical (unpaired) electrons. The molecule has 1 heterocycles. The second kappa shape index (κ2) is 8.42. The highest BCUT2D eigenvalue weighted by Crippen LogP contribution is 2.17. The summed E-state index contributed by atoms with van der Waals surface area (Å²) in [5.41, 5.74) is 2.20. The van der Waals surface area contributed by atoms with Crippen molar-refractivity contribution in [2.45, 2.75) is 13.3 Å². The highest BCUT2D eigenvalue weighted by molar-refractivity contribution is 6.30. The molecule has 0 aliphatic heterocycles. The van der Waals surface area contributed by atoms with Crippen LogP contribution in [0.4, 0.5) is 17.3 Å². The molecule has 3 aromatic rings. The fraction of sp³-hybridized carbons (Fsp3) is 0.100. The third kappa shape index (κ3) is 5.36. The molecule has 7 heteroatoms. The molecule has 2 N–H and O–H groups in total. The summed E-state index contributed by atoms with van der Waals surface area (Å²) in [6.45, 7) is 1.51. The fourth-order valence-corrected chi connectivity index (χ4v) is 2.53. The molecule has 0 atom stereocenters. The molecule has 136 valence electrons. The normalized spacial score (nSPS) is 10.3. The molecule has 0 spiro atoms. The average Bonchev–Trinajstić information content (AvgIpc) is 2.65. The average molecular weight is 381 g/mol. The lowest BCUT2D eigenvalue weighted by atomic mass is 10.1. The van der Waals surface area contributed by atoms with Gasteiger partial charge in [0.15, 0.2) is 17.4 Å². The van der Waals surface area contributed by atoms with Crippen LogP contribution in [0, 0.1) is 0 Å². The van der Waals surface area contributed by atoms with Crippen molar-refractivity contribution < 1.29 is 9.59 Å². The van der Waals surface area contributed by atoms with Gasteiger partial charge in [-0.25, -0.2) is 0 Å². The summed E-state index contributed by atoms with van der Waals surface area (Å²) >= 11 is 5.83. The first-order valence-electron chi connectivity index (χ1n) is 8.25. The Balaban J connectivity index is 1.60. The molecule has 0 saturated heterocycles. The number of Topliss-reactive ketones (excluding diaryl/α,β-unsaturated/α-hetero) is 1. The second-order valence-electron chi connectivity index (χ2n) is 5.92. The van der Waals surface area contributed by atoms with Gasteiger partial charge in [-0.3, -0.25) is 9.59 Å². The van der Waals surface area contributed by atoms with Crippen molar-refractivity contribution in [1.82, 2.24) is 10.2 Å². The molecule has 0 fully saturated rings. The maximum absolute atomic E-state index is 12.1. The Morgan fingerprint density at radius 1 is 0.963 bits per heavy atom. The lowest BCUT2D eigenvalue weighted by Gasteiger charge is -2.08. The van der Waals surface area contributed by atoms with Gasteiger partial charge in [-0.2, -0.15) is 0 Å². The number of ketones is 1. The minimum atomic E-state index is -0.193. The van der Waals surface area contributed by atoms with Crippen LogP contribution < -0.4 is 10.6 Å². The van der Waals surface area contributed by atoms with E-state index in [1.54, 1.807) is 54.6 Å². The van der Waals surface area contributed by atoms with Gasteiger partial charge in [0.05, 0.1) is 6.42 Å². The summed E-state index contributed by atoms with van der Waals surface area (Å²) in [4.78, 5) is 23.5. The topological polar surface area (TPSA) is 84.0 Å². The van der Waals surface area contributed by atoms with Crippen LogP contribution in [0.15, 0.2) is 60.7 Å². The smallest absolute Gasteiger partial charge is 0.229 e. The third-order valence-corrected chi connectivity index (χ3v) is 4.00. The van der Waals surface area contributed by atoms with Crippen molar-refractivity contribution in [3.05, 3.63) is 76.8 Å². The molecule has 27 heavy (non-hydrogen) atoms. The van der Waals surface area contributed by atoms with E-state index in [4.69, 9.17) is 11.6 Å². The van der Waals surface area contributed by atoms with Gasteiger partial charge < -0.3 is 10.6 Å². The standard InChI is InChI=1S/C20H17ClN4O2/c1-13(26)15-3-2-4-17(12-15)22-18-9-10-19(25-24-18)23-20(27)11-14-5-7-16(21)8-6-14/h2-10,12H,11H2,1H3,(H,22,24)(H,23,25,27). The van der Waals surface area contributed by atoms with Crippen LogP contribution in [0.2, 0.25) is 5.02 Å². The Morgan fingerprint density at radius 2 is 1.67 bits per heavy atom. The molecular weight excluding hydrogens is 364 g/mol. The van der Waals surface area contributed by atoms with Crippen molar-refractivity contribution in [3.63, 3.8) is 0 Å².